The molecule has 0 rings (SSSR count). The lowest BCUT2D eigenvalue weighted by Crippen LogP contribution is -1.86. The summed E-state index contributed by atoms with van der Waals surface area (Å²) in [7, 11) is 5.35. The first-order chi connectivity index (χ1) is 4.27. The SMILES string of the molecule is [B]CCCCCC(C)C. The van der Waals surface area contributed by atoms with Crippen LogP contribution in [-0.2, 0) is 0 Å². The second-order valence-electron chi connectivity index (χ2n) is 3.03. The quantitative estimate of drug-likeness (QED) is 0.390. The minimum atomic E-state index is 0.859. The second kappa shape index (κ2) is 6.19. The molecule has 0 aromatic carbocycles. The zero-order valence-electron chi connectivity index (χ0n) is 6.69. The molecule has 0 heterocycles. The van der Waals surface area contributed by atoms with Crippen molar-refractivity contribution >= 4 is 7.85 Å². The van der Waals surface area contributed by atoms with Crippen LogP contribution in [0.25, 0.3) is 0 Å². The van der Waals surface area contributed by atoms with Crippen LogP contribution in [0.3, 0.4) is 0 Å². The van der Waals surface area contributed by atoms with Gasteiger partial charge in [-0.3, -0.25) is 0 Å². The Morgan fingerprint density at radius 3 is 2.22 bits per heavy atom. The topological polar surface area (TPSA) is 0 Å². The van der Waals surface area contributed by atoms with Gasteiger partial charge < -0.3 is 0 Å². The largest absolute Gasteiger partial charge is 0.0887 e. The Labute approximate surface area is 60.4 Å². The molecule has 0 atom stereocenters. The summed E-state index contributed by atoms with van der Waals surface area (Å²) < 4.78 is 0. The normalized spacial score (nSPS) is 10.6. The number of rotatable bonds is 5. The molecule has 52 valence electrons. The molecular formula is C8H17B. The van der Waals surface area contributed by atoms with Crippen LogP contribution in [0.15, 0.2) is 0 Å². The van der Waals surface area contributed by atoms with Crippen molar-refractivity contribution in [1.82, 2.24) is 0 Å². The van der Waals surface area contributed by atoms with E-state index in [1.165, 1.54) is 25.7 Å². The van der Waals surface area contributed by atoms with Crippen LogP contribution in [0.2, 0.25) is 6.32 Å². The van der Waals surface area contributed by atoms with E-state index in [1.807, 2.05) is 0 Å². The monoisotopic (exact) mass is 124 g/mol. The van der Waals surface area contributed by atoms with Crippen molar-refractivity contribution in [2.24, 2.45) is 5.92 Å². The molecule has 9 heavy (non-hydrogen) atoms. The second-order valence-corrected chi connectivity index (χ2v) is 3.03. The van der Waals surface area contributed by atoms with E-state index >= 15 is 0 Å². The lowest BCUT2D eigenvalue weighted by atomic mass is 9.97. The fourth-order valence-corrected chi connectivity index (χ4v) is 0.874. The summed E-state index contributed by atoms with van der Waals surface area (Å²) in [6, 6.07) is 0. The summed E-state index contributed by atoms with van der Waals surface area (Å²) in [5, 5.41) is 0. The van der Waals surface area contributed by atoms with Gasteiger partial charge in [0.1, 0.15) is 0 Å². The Kier molecular flexibility index (Phi) is 6.23. The van der Waals surface area contributed by atoms with Crippen LogP contribution in [0.4, 0.5) is 0 Å². The highest BCUT2D eigenvalue weighted by Gasteiger charge is 1.91. The van der Waals surface area contributed by atoms with E-state index in [2.05, 4.69) is 13.8 Å². The number of hydrogen-bond donors (Lipinski definition) is 0. The van der Waals surface area contributed by atoms with E-state index in [0.717, 1.165) is 12.2 Å². The van der Waals surface area contributed by atoms with E-state index in [9.17, 15) is 0 Å². The standard InChI is InChI=1S/C8H17B/c1-8(2)6-4-3-5-7-9/h8H,3-7H2,1-2H3. The third-order valence-electron chi connectivity index (χ3n) is 1.49. The molecule has 0 fully saturated rings. The van der Waals surface area contributed by atoms with Crippen molar-refractivity contribution < 1.29 is 0 Å². The third-order valence-corrected chi connectivity index (χ3v) is 1.49. The summed E-state index contributed by atoms with van der Waals surface area (Å²) in [6.07, 6.45) is 6.09. The lowest BCUT2D eigenvalue weighted by molar-refractivity contribution is 0.534. The van der Waals surface area contributed by atoms with Crippen LogP contribution < -0.4 is 0 Å². The van der Waals surface area contributed by atoms with Gasteiger partial charge in [-0.2, -0.15) is 0 Å². The van der Waals surface area contributed by atoms with Gasteiger partial charge in [0.2, 0.25) is 0 Å². The van der Waals surface area contributed by atoms with Crippen molar-refractivity contribution in [1.29, 1.82) is 0 Å². The fraction of sp³-hybridized carbons (Fsp3) is 1.00. The van der Waals surface area contributed by atoms with Gasteiger partial charge in [0.25, 0.3) is 0 Å². The smallest absolute Gasteiger partial charge is 0.0653 e. The Hall–Kier alpha value is 0.0649. The van der Waals surface area contributed by atoms with Gasteiger partial charge in [-0.25, -0.2) is 0 Å². The molecular weight excluding hydrogens is 107 g/mol. The molecule has 0 amide bonds. The molecule has 0 nitrogen and oxygen atoms in total. The predicted octanol–water partition coefficient (Wildman–Crippen LogP) is 2.79. The average Bonchev–Trinajstić information content (AvgIpc) is 1.80. The highest BCUT2D eigenvalue weighted by Crippen LogP contribution is 2.08. The Morgan fingerprint density at radius 2 is 1.78 bits per heavy atom. The van der Waals surface area contributed by atoms with Gasteiger partial charge in [0.15, 0.2) is 0 Å². The molecule has 0 unspecified atom stereocenters. The maximum atomic E-state index is 5.35. The van der Waals surface area contributed by atoms with E-state index in [1.54, 1.807) is 0 Å². The van der Waals surface area contributed by atoms with Crippen molar-refractivity contribution in [3.63, 3.8) is 0 Å². The highest BCUT2D eigenvalue weighted by atomic mass is 14.0. The van der Waals surface area contributed by atoms with E-state index < -0.39 is 0 Å². The van der Waals surface area contributed by atoms with Crippen molar-refractivity contribution in [2.45, 2.75) is 45.9 Å². The van der Waals surface area contributed by atoms with Crippen LogP contribution in [0.1, 0.15) is 39.5 Å². The zero-order chi connectivity index (χ0) is 7.11. The molecule has 0 aliphatic carbocycles. The Balaban J connectivity index is 2.75. The molecule has 2 radical (unpaired) electrons. The number of unbranched alkanes of at least 4 members (excludes halogenated alkanes) is 2. The maximum absolute atomic E-state index is 5.35. The Bertz CT molecular complexity index is 50.5. The van der Waals surface area contributed by atoms with Crippen LogP contribution in [0.5, 0.6) is 0 Å². The summed E-state index contributed by atoms with van der Waals surface area (Å²) in [5.74, 6) is 0.864. The summed E-state index contributed by atoms with van der Waals surface area (Å²) in [5.41, 5.74) is 0. The zero-order valence-corrected chi connectivity index (χ0v) is 6.69. The van der Waals surface area contributed by atoms with Crippen molar-refractivity contribution in [3.05, 3.63) is 0 Å². The van der Waals surface area contributed by atoms with Crippen LogP contribution in [-0.4, -0.2) is 7.85 Å². The lowest BCUT2D eigenvalue weighted by Gasteiger charge is -2.01. The summed E-state index contributed by atoms with van der Waals surface area (Å²) >= 11 is 0. The predicted molar refractivity (Wildman–Crippen MR) is 43.9 cm³/mol. The van der Waals surface area contributed by atoms with Crippen molar-refractivity contribution in [3.8, 4) is 0 Å². The molecule has 0 saturated carbocycles. The molecule has 1 heteroatoms. The first kappa shape index (κ1) is 9.06. The van der Waals surface area contributed by atoms with Crippen LogP contribution >= 0.6 is 0 Å². The first-order valence-corrected chi connectivity index (χ1v) is 3.97. The molecule has 0 bridgehead atoms. The maximum Gasteiger partial charge on any atom is 0.0653 e. The number of hydrogen-bond acceptors (Lipinski definition) is 0. The van der Waals surface area contributed by atoms with Gasteiger partial charge in [-0.1, -0.05) is 45.9 Å². The third kappa shape index (κ3) is 8.06. The van der Waals surface area contributed by atoms with Gasteiger partial charge in [-0.05, 0) is 5.92 Å². The van der Waals surface area contributed by atoms with Crippen LogP contribution in [0, 0.1) is 5.92 Å². The minimum absolute atomic E-state index is 0.859. The van der Waals surface area contributed by atoms with E-state index in [4.69, 9.17) is 7.85 Å². The van der Waals surface area contributed by atoms with Gasteiger partial charge in [-0.15, -0.1) is 0 Å². The molecule has 0 spiro atoms. The molecule has 0 N–H and O–H groups in total. The van der Waals surface area contributed by atoms with E-state index in [0.29, 0.717) is 0 Å². The Morgan fingerprint density at radius 1 is 1.11 bits per heavy atom. The molecule has 0 aliphatic heterocycles. The van der Waals surface area contributed by atoms with Gasteiger partial charge >= 0.3 is 0 Å². The minimum Gasteiger partial charge on any atom is -0.0887 e. The van der Waals surface area contributed by atoms with Gasteiger partial charge in [0.05, 0.1) is 7.85 Å². The molecule has 0 aliphatic rings. The summed E-state index contributed by atoms with van der Waals surface area (Å²) in [4.78, 5) is 0. The molecule has 0 aromatic rings. The molecule has 0 saturated heterocycles. The fourth-order valence-electron chi connectivity index (χ4n) is 0.874. The van der Waals surface area contributed by atoms with Crippen molar-refractivity contribution in [2.75, 3.05) is 0 Å². The van der Waals surface area contributed by atoms with Gasteiger partial charge in [0, 0.05) is 0 Å². The first-order valence-electron chi connectivity index (χ1n) is 3.97. The van der Waals surface area contributed by atoms with E-state index in [-0.39, 0.29) is 0 Å². The summed E-state index contributed by atoms with van der Waals surface area (Å²) in [6.45, 7) is 4.53. The average molecular weight is 124 g/mol. The highest BCUT2D eigenvalue weighted by molar-refractivity contribution is 6.08. The molecule has 0 aromatic heterocycles.